The van der Waals surface area contributed by atoms with Gasteiger partial charge in [-0.2, -0.15) is 0 Å². The van der Waals surface area contributed by atoms with E-state index in [9.17, 15) is 10.1 Å². The fourth-order valence-electron chi connectivity index (χ4n) is 0.795. The van der Waals surface area contributed by atoms with Crippen LogP contribution in [0.4, 0.5) is 0 Å². The van der Waals surface area contributed by atoms with Crippen LogP contribution in [0.5, 0.6) is 5.75 Å². The Morgan fingerprint density at radius 3 is 2.92 bits per heavy atom. The van der Waals surface area contributed by atoms with Crippen molar-refractivity contribution in [3.8, 4) is 5.75 Å². The molecule has 0 saturated heterocycles. The number of hydrogen-bond donors (Lipinski definition) is 0. The predicted molar refractivity (Wildman–Crippen MR) is 51.5 cm³/mol. The van der Waals surface area contributed by atoms with Crippen molar-refractivity contribution in [1.82, 2.24) is 0 Å². The van der Waals surface area contributed by atoms with Crippen LogP contribution < -0.4 is 4.74 Å². The van der Waals surface area contributed by atoms with Gasteiger partial charge in [-0.3, -0.25) is 10.1 Å². The summed E-state index contributed by atoms with van der Waals surface area (Å²) in [6.45, 7) is -0.0734. The van der Waals surface area contributed by atoms with Crippen LogP contribution in [0.15, 0.2) is 28.7 Å². The number of halogens is 1. The van der Waals surface area contributed by atoms with Gasteiger partial charge in [0.15, 0.2) is 6.61 Å². The van der Waals surface area contributed by atoms with Crippen molar-refractivity contribution in [2.45, 2.75) is 0 Å². The van der Waals surface area contributed by atoms with Crippen LogP contribution in [0.25, 0.3) is 0 Å². The molecule has 0 aliphatic heterocycles. The standard InChI is InChI=1S/C8H8BrNO3/c9-7-2-1-3-8(6-7)13-5-4-10(11)12/h1-3,6H,4-5H2. The maximum absolute atomic E-state index is 9.97. The van der Waals surface area contributed by atoms with E-state index in [-0.39, 0.29) is 13.2 Å². The van der Waals surface area contributed by atoms with Gasteiger partial charge in [-0.15, -0.1) is 0 Å². The molecule has 0 saturated carbocycles. The summed E-state index contributed by atoms with van der Waals surface area (Å²) in [5.41, 5.74) is 0. The third-order valence-electron chi connectivity index (χ3n) is 1.34. The summed E-state index contributed by atoms with van der Waals surface area (Å²) in [5, 5.41) is 9.97. The lowest BCUT2D eigenvalue weighted by Gasteiger charge is -2.02. The Balaban J connectivity index is 2.41. The lowest BCUT2D eigenvalue weighted by molar-refractivity contribution is -0.481. The number of ether oxygens (including phenoxy) is 1. The molecule has 0 atom stereocenters. The van der Waals surface area contributed by atoms with Crippen LogP contribution in [0.1, 0.15) is 0 Å². The van der Waals surface area contributed by atoms with Crippen molar-refractivity contribution in [3.63, 3.8) is 0 Å². The highest BCUT2D eigenvalue weighted by molar-refractivity contribution is 9.10. The summed E-state index contributed by atoms with van der Waals surface area (Å²) < 4.78 is 6.02. The summed E-state index contributed by atoms with van der Waals surface area (Å²) in [6.07, 6.45) is 0. The Labute approximate surface area is 83.8 Å². The molecule has 13 heavy (non-hydrogen) atoms. The van der Waals surface area contributed by atoms with Crippen molar-refractivity contribution in [2.75, 3.05) is 13.2 Å². The highest BCUT2D eigenvalue weighted by atomic mass is 79.9. The van der Waals surface area contributed by atoms with Crippen LogP contribution in [-0.4, -0.2) is 18.1 Å². The summed E-state index contributed by atoms with van der Waals surface area (Å²) in [7, 11) is 0. The number of nitrogens with zero attached hydrogens (tertiary/aromatic N) is 1. The zero-order valence-electron chi connectivity index (χ0n) is 6.77. The topological polar surface area (TPSA) is 52.4 Å². The lowest BCUT2D eigenvalue weighted by atomic mass is 10.3. The average molecular weight is 246 g/mol. The molecule has 0 heterocycles. The number of hydrogen-bond acceptors (Lipinski definition) is 3. The minimum absolute atomic E-state index is 0.101. The number of benzene rings is 1. The first-order chi connectivity index (χ1) is 6.18. The minimum atomic E-state index is -0.405. The zero-order valence-corrected chi connectivity index (χ0v) is 8.36. The van der Waals surface area contributed by atoms with E-state index in [1.165, 1.54) is 0 Å². The van der Waals surface area contributed by atoms with E-state index in [0.717, 1.165) is 4.47 Å². The van der Waals surface area contributed by atoms with Gasteiger partial charge in [0.2, 0.25) is 6.54 Å². The van der Waals surface area contributed by atoms with E-state index < -0.39 is 4.92 Å². The molecule has 0 aromatic heterocycles. The largest absolute Gasteiger partial charge is 0.487 e. The van der Waals surface area contributed by atoms with Crippen molar-refractivity contribution in [1.29, 1.82) is 0 Å². The SMILES string of the molecule is O=[N+]([O-])CCOc1cccc(Br)c1. The fraction of sp³-hybridized carbons (Fsp3) is 0.250. The van der Waals surface area contributed by atoms with Crippen LogP contribution in [0, 0.1) is 10.1 Å². The van der Waals surface area contributed by atoms with Gasteiger partial charge in [0.1, 0.15) is 5.75 Å². The minimum Gasteiger partial charge on any atom is -0.487 e. The molecule has 4 nitrogen and oxygen atoms in total. The molecule has 1 aromatic rings. The molecule has 0 radical (unpaired) electrons. The summed E-state index contributed by atoms with van der Waals surface area (Å²) in [4.78, 5) is 9.57. The van der Waals surface area contributed by atoms with E-state index in [1.54, 1.807) is 12.1 Å². The number of nitro groups is 1. The van der Waals surface area contributed by atoms with Crippen molar-refractivity contribution >= 4 is 15.9 Å². The Hall–Kier alpha value is -1.10. The van der Waals surface area contributed by atoms with Gasteiger partial charge < -0.3 is 4.74 Å². The maximum Gasteiger partial charge on any atom is 0.237 e. The van der Waals surface area contributed by atoms with Crippen LogP contribution in [0.2, 0.25) is 0 Å². The van der Waals surface area contributed by atoms with Gasteiger partial charge in [0.25, 0.3) is 0 Å². The third kappa shape index (κ3) is 3.89. The average Bonchev–Trinajstić information content (AvgIpc) is 2.03. The first kappa shape index (κ1) is 9.98. The molecule has 0 aliphatic rings. The lowest BCUT2D eigenvalue weighted by Crippen LogP contribution is -2.10. The Morgan fingerprint density at radius 2 is 2.31 bits per heavy atom. The normalized spacial score (nSPS) is 9.62. The third-order valence-corrected chi connectivity index (χ3v) is 1.83. The van der Waals surface area contributed by atoms with E-state index in [0.29, 0.717) is 5.75 Å². The molecule has 1 rings (SSSR count). The number of rotatable bonds is 4. The molecule has 0 unspecified atom stereocenters. The Kier molecular flexibility index (Phi) is 3.70. The molecule has 0 fully saturated rings. The molecule has 5 heteroatoms. The second-order valence-corrected chi connectivity index (χ2v) is 3.28. The monoisotopic (exact) mass is 245 g/mol. The summed E-state index contributed by atoms with van der Waals surface area (Å²) in [6, 6.07) is 7.19. The summed E-state index contributed by atoms with van der Waals surface area (Å²) in [5.74, 6) is 0.635. The smallest absolute Gasteiger partial charge is 0.237 e. The Bertz CT molecular complexity index is 303. The van der Waals surface area contributed by atoms with Crippen LogP contribution in [0.3, 0.4) is 0 Å². The Morgan fingerprint density at radius 1 is 1.54 bits per heavy atom. The van der Waals surface area contributed by atoms with Crippen LogP contribution >= 0.6 is 15.9 Å². The predicted octanol–water partition coefficient (Wildman–Crippen LogP) is 2.10. The molecule has 0 aliphatic carbocycles. The molecule has 0 amide bonds. The first-order valence-electron chi connectivity index (χ1n) is 3.68. The molecular formula is C8H8BrNO3. The van der Waals surface area contributed by atoms with Gasteiger partial charge in [-0.25, -0.2) is 0 Å². The van der Waals surface area contributed by atoms with Gasteiger partial charge >= 0.3 is 0 Å². The van der Waals surface area contributed by atoms with Crippen LogP contribution in [-0.2, 0) is 0 Å². The molecule has 1 aromatic carbocycles. The quantitative estimate of drug-likeness (QED) is 0.603. The molecule has 0 N–H and O–H groups in total. The molecular weight excluding hydrogens is 238 g/mol. The maximum atomic E-state index is 9.97. The van der Waals surface area contributed by atoms with E-state index in [1.807, 2.05) is 12.1 Å². The van der Waals surface area contributed by atoms with Gasteiger partial charge in [0, 0.05) is 9.40 Å². The van der Waals surface area contributed by atoms with Crippen molar-refractivity contribution in [3.05, 3.63) is 38.9 Å². The summed E-state index contributed by atoms with van der Waals surface area (Å²) >= 11 is 3.27. The molecule has 0 spiro atoms. The van der Waals surface area contributed by atoms with Crippen molar-refractivity contribution < 1.29 is 9.66 Å². The van der Waals surface area contributed by atoms with Crippen molar-refractivity contribution in [2.24, 2.45) is 0 Å². The van der Waals surface area contributed by atoms with E-state index >= 15 is 0 Å². The van der Waals surface area contributed by atoms with E-state index in [4.69, 9.17) is 4.74 Å². The highest BCUT2D eigenvalue weighted by Gasteiger charge is 1.98. The van der Waals surface area contributed by atoms with Gasteiger partial charge in [-0.05, 0) is 18.2 Å². The fourth-order valence-corrected chi connectivity index (χ4v) is 1.17. The molecule has 0 bridgehead atoms. The van der Waals surface area contributed by atoms with E-state index in [2.05, 4.69) is 15.9 Å². The second kappa shape index (κ2) is 4.81. The zero-order chi connectivity index (χ0) is 9.68. The first-order valence-corrected chi connectivity index (χ1v) is 4.48. The van der Waals surface area contributed by atoms with Gasteiger partial charge in [0.05, 0.1) is 0 Å². The molecule has 70 valence electrons. The van der Waals surface area contributed by atoms with Gasteiger partial charge in [-0.1, -0.05) is 22.0 Å². The second-order valence-electron chi connectivity index (χ2n) is 2.36. The highest BCUT2D eigenvalue weighted by Crippen LogP contribution is 2.17.